The molecule has 0 aromatic carbocycles. The molecule has 3 N–H and O–H groups in total. The molecule has 0 bridgehead atoms. The second-order valence-electron chi connectivity index (χ2n) is 4.01. The Morgan fingerprint density at radius 3 is 3.07 bits per heavy atom. The smallest absolute Gasteiger partial charge is 0.354 e. The van der Waals surface area contributed by atoms with Gasteiger partial charge in [0.15, 0.2) is 0 Å². The molecule has 74 valence electrons. The summed E-state index contributed by atoms with van der Waals surface area (Å²) in [7, 11) is 0. The Hall–Kier alpha value is -1.36. The van der Waals surface area contributed by atoms with Crippen molar-refractivity contribution in [1.29, 1.82) is 0 Å². The molecule has 0 radical (unpaired) electrons. The molecule has 2 aliphatic rings. The van der Waals surface area contributed by atoms with Crippen LogP contribution in [0.25, 0.3) is 0 Å². The van der Waals surface area contributed by atoms with Crippen LogP contribution in [-0.2, 0) is 6.42 Å². The maximum Gasteiger partial charge on any atom is 0.354 e. The summed E-state index contributed by atoms with van der Waals surface area (Å²) in [5.41, 5.74) is 1.94. The monoisotopic (exact) mass is 194 g/mol. The predicted octanol–water partition coefficient (Wildman–Crippen LogP) is -0.0141. The van der Waals surface area contributed by atoms with Crippen LogP contribution in [0.4, 0.5) is 0 Å². The Kier molecular flexibility index (Phi) is 1.35. The summed E-state index contributed by atoms with van der Waals surface area (Å²) in [4.78, 5) is 10.8. The molecule has 5 heteroatoms. The number of aliphatic hydroxyl groups excluding tert-OH is 1. The molecule has 3 unspecified atom stereocenters. The molecule has 1 aromatic rings. The zero-order valence-corrected chi connectivity index (χ0v) is 7.40. The van der Waals surface area contributed by atoms with E-state index in [9.17, 15) is 4.79 Å². The second-order valence-corrected chi connectivity index (χ2v) is 4.01. The van der Waals surface area contributed by atoms with Crippen LogP contribution >= 0.6 is 0 Å². The standard InChI is InChI=1S/C9H10N2O3/c12-2-5-3-1-4-7(6(3)5)10-11-8(4)9(13)14/h3,5-6,12H,1-2H2,(H,10,11)(H,13,14). The summed E-state index contributed by atoms with van der Waals surface area (Å²) >= 11 is 0. The van der Waals surface area contributed by atoms with Crippen molar-refractivity contribution in [3.8, 4) is 0 Å². The van der Waals surface area contributed by atoms with Crippen molar-refractivity contribution >= 4 is 5.97 Å². The van der Waals surface area contributed by atoms with Crippen LogP contribution in [0.15, 0.2) is 0 Å². The summed E-state index contributed by atoms with van der Waals surface area (Å²) in [6.45, 7) is 0.185. The van der Waals surface area contributed by atoms with Gasteiger partial charge in [0.05, 0.1) is 5.69 Å². The first-order valence-electron chi connectivity index (χ1n) is 4.65. The first-order chi connectivity index (χ1) is 6.74. The van der Waals surface area contributed by atoms with Crippen molar-refractivity contribution in [2.45, 2.75) is 12.3 Å². The number of fused-ring (bicyclic) bond motifs is 3. The van der Waals surface area contributed by atoms with Crippen LogP contribution in [0.1, 0.15) is 27.7 Å². The molecule has 1 saturated carbocycles. The van der Waals surface area contributed by atoms with Crippen molar-refractivity contribution in [2.75, 3.05) is 6.61 Å². The lowest BCUT2D eigenvalue weighted by Gasteiger charge is -1.98. The van der Waals surface area contributed by atoms with E-state index in [1.807, 2.05) is 0 Å². The van der Waals surface area contributed by atoms with Gasteiger partial charge in [0.2, 0.25) is 0 Å². The van der Waals surface area contributed by atoms with Gasteiger partial charge in [-0.25, -0.2) is 4.79 Å². The van der Waals surface area contributed by atoms with Crippen LogP contribution in [0.3, 0.4) is 0 Å². The van der Waals surface area contributed by atoms with Crippen molar-refractivity contribution in [2.24, 2.45) is 11.8 Å². The normalized spacial score (nSPS) is 32.5. The number of nitrogens with one attached hydrogen (secondary N) is 1. The van der Waals surface area contributed by atoms with Gasteiger partial charge in [-0.3, -0.25) is 5.10 Å². The third-order valence-electron chi connectivity index (χ3n) is 3.41. The van der Waals surface area contributed by atoms with Crippen molar-refractivity contribution in [1.82, 2.24) is 10.2 Å². The van der Waals surface area contributed by atoms with Crippen molar-refractivity contribution < 1.29 is 15.0 Å². The average Bonchev–Trinajstić information content (AvgIpc) is 2.55. The highest BCUT2D eigenvalue weighted by atomic mass is 16.4. The van der Waals surface area contributed by atoms with Gasteiger partial charge in [-0.1, -0.05) is 0 Å². The third-order valence-corrected chi connectivity index (χ3v) is 3.41. The Balaban J connectivity index is 1.99. The number of carbonyl (C=O) groups is 1. The number of H-pyrrole nitrogens is 1. The molecule has 5 nitrogen and oxygen atoms in total. The Morgan fingerprint density at radius 1 is 1.64 bits per heavy atom. The van der Waals surface area contributed by atoms with E-state index in [0.717, 1.165) is 17.7 Å². The topological polar surface area (TPSA) is 86.2 Å². The maximum absolute atomic E-state index is 10.8. The quantitative estimate of drug-likeness (QED) is 0.617. The molecule has 0 saturated heterocycles. The van der Waals surface area contributed by atoms with E-state index in [-0.39, 0.29) is 12.3 Å². The number of rotatable bonds is 2. The average molecular weight is 194 g/mol. The first kappa shape index (κ1) is 7.99. The van der Waals surface area contributed by atoms with Crippen LogP contribution in [0.5, 0.6) is 0 Å². The molecule has 3 atom stereocenters. The van der Waals surface area contributed by atoms with Gasteiger partial charge >= 0.3 is 5.97 Å². The minimum Gasteiger partial charge on any atom is -0.477 e. The van der Waals surface area contributed by atoms with E-state index in [0.29, 0.717) is 17.8 Å². The number of nitrogens with zero attached hydrogens (tertiary/aromatic N) is 1. The molecule has 0 spiro atoms. The lowest BCUT2D eigenvalue weighted by molar-refractivity contribution is 0.0689. The van der Waals surface area contributed by atoms with E-state index in [2.05, 4.69) is 10.2 Å². The van der Waals surface area contributed by atoms with Gasteiger partial charge in [0.1, 0.15) is 5.69 Å². The zero-order valence-electron chi connectivity index (χ0n) is 7.40. The Bertz CT molecular complexity index is 412. The van der Waals surface area contributed by atoms with E-state index < -0.39 is 5.97 Å². The molecule has 14 heavy (non-hydrogen) atoms. The number of aromatic amines is 1. The Morgan fingerprint density at radius 2 is 2.43 bits per heavy atom. The minimum absolute atomic E-state index is 0.185. The van der Waals surface area contributed by atoms with Crippen LogP contribution < -0.4 is 0 Å². The van der Waals surface area contributed by atoms with Crippen LogP contribution in [0, 0.1) is 11.8 Å². The number of aliphatic hydroxyl groups is 1. The largest absolute Gasteiger partial charge is 0.477 e. The summed E-state index contributed by atoms with van der Waals surface area (Å²) in [5.74, 6) is 0.109. The second kappa shape index (κ2) is 2.36. The number of aromatic carboxylic acids is 1. The van der Waals surface area contributed by atoms with Crippen molar-refractivity contribution in [3.63, 3.8) is 0 Å². The number of hydrogen-bond donors (Lipinski definition) is 3. The lowest BCUT2D eigenvalue weighted by Crippen LogP contribution is -2.03. The predicted molar refractivity (Wildman–Crippen MR) is 46.1 cm³/mol. The first-order valence-corrected chi connectivity index (χ1v) is 4.65. The highest BCUT2D eigenvalue weighted by molar-refractivity contribution is 5.87. The zero-order chi connectivity index (χ0) is 9.87. The van der Waals surface area contributed by atoms with Crippen LogP contribution in [0.2, 0.25) is 0 Å². The SMILES string of the molecule is O=C(O)c1[nH]nc2c1CC1C(CO)C21. The maximum atomic E-state index is 10.8. The van der Waals surface area contributed by atoms with Gasteiger partial charge in [0.25, 0.3) is 0 Å². The molecule has 1 fully saturated rings. The summed E-state index contributed by atoms with van der Waals surface area (Å²) in [6, 6.07) is 0. The lowest BCUT2D eigenvalue weighted by atomic mass is 10.1. The fourth-order valence-corrected chi connectivity index (χ4v) is 2.65. The highest BCUT2D eigenvalue weighted by Crippen LogP contribution is 2.60. The van der Waals surface area contributed by atoms with Gasteiger partial charge in [-0.05, 0) is 18.3 Å². The molecular weight excluding hydrogens is 184 g/mol. The van der Waals surface area contributed by atoms with E-state index in [1.165, 1.54) is 0 Å². The van der Waals surface area contributed by atoms with Gasteiger partial charge in [-0.15, -0.1) is 0 Å². The fraction of sp³-hybridized carbons (Fsp3) is 0.556. The number of carboxylic acids is 1. The molecule has 3 rings (SSSR count). The minimum atomic E-state index is -0.944. The molecule has 1 heterocycles. The third kappa shape index (κ3) is 0.778. The van der Waals surface area contributed by atoms with Gasteiger partial charge < -0.3 is 10.2 Å². The Labute approximate surface area is 79.8 Å². The van der Waals surface area contributed by atoms with Crippen LogP contribution in [-0.4, -0.2) is 33.0 Å². The number of aromatic nitrogens is 2. The highest BCUT2D eigenvalue weighted by Gasteiger charge is 2.57. The van der Waals surface area contributed by atoms with E-state index >= 15 is 0 Å². The summed E-state index contributed by atoms with van der Waals surface area (Å²) in [6.07, 6.45) is 0.753. The molecular formula is C9H10N2O3. The summed E-state index contributed by atoms with van der Waals surface area (Å²) < 4.78 is 0. The fourth-order valence-electron chi connectivity index (χ4n) is 2.65. The molecule has 0 aliphatic heterocycles. The number of carboxylic acid groups (broad SMARTS) is 1. The van der Waals surface area contributed by atoms with Gasteiger partial charge in [0, 0.05) is 18.1 Å². The molecule has 2 aliphatic carbocycles. The van der Waals surface area contributed by atoms with Gasteiger partial charge in [-0.2, -0.15) is 5.10 Å². The molecule has 1 aromatic heterocycles. The van der Waals surface area contributed by atoms with E-state index in [4.69, 9.17) is 10.2 Å². The van der Waals surface area contributed by atoms with Crippen molar-refractivity contribution in [3.05, 3.63) is 17.0 Å². The van der Waals surface area contributed by atoms with E-state index in [1.54, 1.807) is 0 Å². The number of hydrogen-bond acceptors (Lipinski definition) is 3. The molecule has 0 amide bonds. The summed E-state index contributed by atoms with van der Waals surface area (Å²) in [5, 5.41) is 24.4.